The van der Waals surface area contributed by atoms with Crippen LogP contribution in [0.5, 0.6) is 0 Å². The summed E-state index contributed by atoms with van der Waals surface area (Å²) >= 11 is 0. The third-order valence-electron chi connectivity index (χ3n) is 4.64. The quantitative estimate of drug-likeness (QED) is 0.547. The fraction of sp³-hybridized carbons (Fsp3) is 0.167. The number of hydrogen-bond donors (Lipinski definition) is 3. The summed E-state index contributed by atoms with van der Waals surface area (Å²) in [6.07, 6.45) is 0.798. The van der Waals surface area contributed by atoms with Gasteiger partial charge in [-0.3, -0.25) is 9.59 Å². The molecular formula is C24H25N3O2. The molecule has 3 rings (SSSR count). The lowest BCUT2D eigenvalue weighted by atomic mass is 10.1. The molecule has 0 aliphatic carbocycles. The molecule has 5 heteroatoms. The van der Waals surface area contributed by atoms with Crippen molar-refractivity contribution in [3.63, 3.8) is 0 Å². The van der Waals surface area contributed by atoms with Gasteiger partial charge in [0.1, 0.15) is 0 Å². The molecule has 0 aliphatic rings. The van der Waals surface area contributed by atoms with Crippen molar-refractivity contribution in [2.75, 3.05) is 23.7 Å². The number of hydrogen-bond acceptors (Lipinski definition) is 3. The average Bonchev–Trinajstić information content (AvgIpc) is 2.75. The molecule has 0 atom stereocenters. The van der Waals surface area contributed by atoms with Crippen molar-refractivity contribution < 1.29 is 9.59 Å². The zero-order chi connectivity index (χ0) is 20.5. The van der Waals surface area contributed by atoms with Gasteiger partial charge in [0.05, 0.1) is 6.54 Å². The largest absolute Gasteiger partial charge is 0.376 e. The number of carbonyl (C=O) groups excluding carboxylic acids is 2. The number of anilines is 2. The molecule has 3 N–H and O–H groups in total. The van der Waals surface area contributed by atoms with Crippen LogP contribution in [-0.2, 0) is 11.2 Å². The summed E-state index contributed by atoms with van der Waals surface area (Å²) in [5, 5.41) is 9.00. The van der Waals surface area contributed by atoms with Gasteiger partial charge in [0.15, 0.2) is 0 Å². The highest BCUT2D eigenvalue weighted by Crippen LogP contribution is 2.23. The minimum atomic E-state index is -0.162. The Morgan fingerprint density at radius 2 is 1.45 bits per heavy atom. The van der Waals surface area contributed by atoms with E-state index in [1.807, 2.05) is 73.7 Å². The lowest BCUT2D eigenvalue weighted by Gasteiger charge is -2.14. The fourth-order valence-electron chi connectivity index (χ4n) is 2.98. The fourth-order valence-corrected chi connectivity index (χ4v) is 2.98. The second kappa shape index (κ2) is 10.1. The van der Waals surface area contributed by atoms with Gasteiger partial charge < -0.3 is 16.0 Å². The first kappa shape index (κ1) is 20.1. The molecule has 0 unspecified atom stereocenters. The first-order valence-electron chi connectivity index (χ1n) is 9.64. The number of nitrogens with one attached hydrogen (secondary N) is 3. The summed E-state index contributed by atoms with van der Waals surface area (Å²) in [7, 11) is 0. The number of rotatable bonds is 8. The highest BCUT2D eigenvalue weighted by atomic mass is 16.2. The van der Waals surface area contributed by atoms with Crippen LogP contribution < -0.4 is 16.0 Å². The van der Waals surface area contributed by atoms with Crippen LogP contribution >= 0.6 is 0 Å². The van der Waals surface area contributed by atoms with Crippen LogP contribution in [0.25, 0.3) is 0 Å². The summed E-state index contributed by atoms with van der Waals surface area (Å²) in [5.41, 5.74) is 4.21. The Morgan fingerprint density at radius 3 is 2.17 bits per heavy atom. The molecular weight excluding hydrogens is 362 g/mol. The summed E-state index contributed by atoms with van der Waals surface area (Å²) in [4.78, 5) is 24.5. The SMILES string of the molecule is Cc1c(NCC(=O)NCCc2ccccc2)cccc1NC(=O)c1ccccc1. The summed E-state index contributed by atoms with van der Waals surface area (Å²) in [6.45, 7) is 2.68. The molecule has 5 nitrogen and oxygen atoms in total. The van der Waals surface area contributed by atoms with E-state index in [9.17, 15) is 9.59 Å². The lowest BCUT2D eigenvalue weighted by molar-refractivity contribution is -0.119. The first-order chi connectivity index (χ1) is 14.1. The summed E-state index contributed by atoms with van der Waals surface area (Å²) in [6, 6.07) is 24.7. The Balaban J connectivity index is 1.51. The monoisotopic (exact) mass is 387 g/mol. The molecule has 0 spiro atoms. The van der Waals surface area contributed by atoms with E-state index in [2.05, 4.69) is 16.0 Å². The standard InChI is InChI=1S/C24H25N3O2/c1-18-21(26-17-23(28)25-16-15-19-9-4-2-5-10-19)13-8-14-22(18)27-24(29)20-11-6-3-7-12-20/h2-14,26H,15-17H2,1H3,(H,25,28)(H,27,29). The van der Waals surface area contributed by atoms with Crippen LogP contribution in [-0.4, -0.2) is 24.9 Å². The van der Waals surface area contributed by atoms with Crippen LogP contribution in [0.15, 0.2) is 78.9 Å². The highest BCUT2D eigenvalue weighted by molar-refractivity contribution is 6.05. The Kier molecular flexibility index (Phi) is 7.00. The second-order valence-electron chi connectivity index (χ2n) is 6.74. The van der Waals surface area contributed by atoms with E-state index in [0.717, 1.165) is 17.7 Å². The van der Waals surface area contributed by atoms with Crippen LogP contribution in [0.1, 0.15) is 21.5 Å². The third-order valence-corrected chi connectivity index (χ3v) is 4.64. The molecule has 0 bridgehead atoms. The molecule has 148 valence electrons. The van der Waals surface area contributed by atoms with E-state index < -0.39 is 0 Å². The number of amides is 2. The van der Waals surface area contributed by atoms with E-state index in [0.29, 0.717) is 17.8 Å². The minimum Gasteiger partial charge on any atom is -0.376 e. The van der Waals surface area contributed by atoms with Crippen molar-refractivity contribution in [2.24, 2.45) is 0 Å². The molecule has 0 aliphatic heterocycles. The predicted molar refractivity (Wildman–Crippen MR) is 117 cm³/mol. The van der Waals surface area contributed by atoms with Crippen molar-refractivity contribution in [1.82, 2.24) is 5.32 Å². The second-order valence-corrected chi connectivity index (χ2v) is 6.74. The molecule has 0 fully saturated rings. The molecule has 3 aromatic rings. The Labute approximate surface area is 171 Å². The summed E-state index contributed by atoms with van der Waals surface area (Å²) < 4.78 is 0. The summed E-state index contributed by atoms with van der Waals surface area (Å²) in [5.74, 6) is -0.233. The molecule has 0 saturated heterocycles. The van der Waals surface area contributed by atoms with E-state index in [-0.39, 0.29) is 18.4 Å². The molecule has 0 saturated carbocycles. The van der Waals surface area contributed by atoms with Crippen molar-refractivity contribution in [2.45, 2.75) is 13.3 Å². The topological polar surface area (TPSA) is 70.2 Å². The van der Waals surface area contributed by atoms with Gasteiger partial charge in [0, 0.05) is 23.5 Å². The smallest absolute Gasteiger partial charge is 0.255 e. The van der Waals surface area contributed by atoms with Gasteiger partial charge in [0.2, 0.25) is 5.91 Å². The molecule has 2 amide bonds. The Morgan fingerprint density at radius 1 is 0.793 bits per heavy atom. The van der Waals surface area contributed by atoms with Gasteiger partial charge in [-0.2, -0.15) is 0 Å². The van der Waals surface area contributed by atoms with E-state index in [1.165, 1.54) is 5.56 Å². The normalized spacial score (nSPS) is 10.2. The van der Waals surface area contributed by atoms with E-state index in [1.54, 1.807) is 12.1 Å². The molecule has 0 radical (unpaired) electrons. The van der Waals surface area contributed by atoms with Crippen LogP contribution in [0.2, 0.25) is 0 Å². The zero-order valence-electron chi connectivity index (χ0n) is 16.4. The Bertz CT molecular complexity index is 956. The molecule has 0 aromatic heterocycles. The lowest BCUT2D eigenvalue weighted by Crippen LogP contribution is -2.31. The zero-order valence-corrected chi connectivity index (χ0v) is 16.4. The maximum absolute atomic E-state index is 12.4. The van der Waals surface area contributed by atoms with Crippen molar-refractivity contribution in [3.8, 4) is 0 Å². The first-order valence-corrected chi connectivity index (χ1v) is 9.64. The van der Waals surface area contributed by atoms with Crippen LogP contribution in [0.4, 0.5) is 11.4 Å². The van der Waals surface area contributed by atoms with Crippen molar-refractivity contribution >= 4 is 23.2 Å². The molecule has 29 heavy (non-hydrogen) atoms. The molecule has 0 heterocycles. The van der Waals surface area contributed by atoms with Crippen LogP contribution in [0, 0.1) is 6.92 Å². The number of benzene rings is 3. The minimum absolute atomic E-state index is 0.0703. The van der Waals surface area contributed by atoms with E-state index >= 15 is 0 Å². The van der Waals surface area contributed by atoms with Crippen molar-refractivity contribution in [1.29, 1.82) is 0 Å². The van der Waals surface area contributed by atoms with Gasteiger partial charge in [-0.25, -0.2) is 0 Å². The van der Waals surface area contributed by atoms with Gasteiger partial charge in [-0.15, -0.1) is 0 Å². The predicted octanol–water partition coefficient (Wildman–Crippen LogP) is 4.02. The van der Waals surface area contributed by atoms with Gasteiger partial charge in [-0.1, -0.05) is 54.6 Å². The van der Waals surface area contributed by atoms with E-state index in [4.69, 9.17) is 0 Å². The molecule has 3 aromatic carbocycles. The third kappa shape index (κ3) is 5.94. The maximum Gasteiger partial charge on any atom is 0.255 e. The average molecular weight is 387 g/mol. The van der Waals surface area contributed by atoms with Crippen molar-refractivity contribution in [3.05, 3.63) is 95.6 Å². The van der Waals surface area contributed by atoms with Gasteiger partial charge >= 0.3 is 0 Å². The van der Waals surface area contributed by atoms with Crippen LogP contribution in [0.3, 0.4) is 0 Å². The maximum atomic E-state index is 12.4. The van der Waals surface area contributed by atoms with Gasteiger partial charge in [-0.05, 0) is 48.7 Å². The number of carbonyl (C=O) groups is 2. The highest BCUT2D eigenvalue weighted by Gasteiger charge is 2.10. The van der Waals surface area contributed by atoms with Gasteiger partial charge in [0.25, 0.3) is 5.91 Å². The Hall–Kier alpha value is -3.60.